The van der Waals surface area contributed by atoms with Gasteiger partial charge in [-0.2, -0.15) is 0 Å². The maximum atomic E-state index is 12.5. The van der Waals surface area contributed by atoms with Gasteiger partial charge in [-0.25, -0.2) is 4.98 Å². The molecule has 0 aliphatic heterocycles. The van der Waals surface area contributed by atoms with Crippen molar-refractivity contribution in [3.63, 3.8) is 0 Å². The van der Waals surface area contributed by atoms with Gasteiger partial charge in [-0.1, -0.05) is 18.2 Å². The first-order valence-corrected chi connectivity index (χ1v) is 11.0. The van der Waals surface area contributed by atoms with E-state index in [-0.39, 0.29) is 18.2 Å². The zero-order valence-corrected chi connectivity index (χ0v) is 19.2. The van der Waals surface area contributed by atoms with Gasteiger partial charge in [-0.05, 0) is 71.7 Å². The molecule has 0 bridgehead atoms. The second-order valence-corrected chi connectivity index (χ2v) is 7.69. The van der Waals surface area contributed by atoms with Crippen LogP contribution in [0.5, 0.6) is 11.5 Å². The van der Waals surface area contributed by atoms with E-state index in [4.69, 9.17) is 9.47 Å². The molecule has 0 saturated carbocycles. The Bertz CT molecular complexity index is 1060. The van der Waals surface area contributed by atoms with Gasteiger partial charge in [0.25, 0.3) is 5.91 Å². The molecule has 166 valence electrons. The third-order valence-corrected chi connectivity index (χ3v) is 4.80. The van der Waals surface area contributed by atoms with Crippen molar-refractivity contribution in [2.24, 2.45) is 0 Å². The smallest absolute Gasteiger partial charge is 0.256 e. The highest BCUT2D eigenvalue weighted by molar-refractivity contribution is 9.10. The molecule has 2 aromatic carbocycles. The minimum atomic E-state index is -0.308. The molecular weight excluding hydrogens is 474 g/mol. The molecule has 8 heteroatoms. The summed E-state index contributed by atoms with van der Waals surface area (Å²) in [5.41, 5.74) is 0.970. The summed E-state index contributed by atoms with van der Waals surface area (Å²) in [7, 11) is 0. The van der Waals surface area contributed by atoms with Gasteiger partial charge in [0, 0.05) is 28.3 Å². The lowest BCUT2D eigenvalue weighted by Crippen LogP contribution is -2.15. The lowest BCUT2D eigenvalue weighted by Gasteiger charge is -2.11. The van der Waals surface area contributed by atoms with Crippen LogP contribution < -0.4 is 20.1 Å². The summed E-state index contributed by atoms with van der Waals surface area (Å²) in [4.78, 5) is 28.9. The van der Waals surface area contributed by atoms with E-state index in [2.05, 4.69) is 31.5 Å². The number of pyridine rings is 1. The number of amides is 2. The first-order valence-electron chi connectivity index (χ1n) is 10.2. The number of anilines is 2. The number of ether oxygens (including phenoxy) is 2. The molecule has 3 rings (SSSR count). The molecule has 7 nitrogen and oxygen atoms in total. The number of hydrogen-bond acceptors (Lipinski definition) is 5. The normalized spacial score (nSPS) is 10.3. The molecule has 1 heterocycles. The van der Waals surface area contributed by atoms with E-state index in [1.165, 1.54) is 0 Å². The van der Waals surface area contributed by atoms with E-state index in [0.29, 0.717) is 48.2 Å². The minimum Gasteiger partial charge on any atom is -0.490 e. The number of benzene rings is 2. The Morgan fingerprint density at radius 3 is 2.47 bits per heavy atom. The van der Waals surface area contributed by atoms with Crippen molar-refractivity contribution in [1.82, 2.24) is 4.98 Å². The second kappa shape index (κ2) is 11.9. The largest absolute Gasteiger partial charge is 0.490 e. The number of aromatic nitrogens is 1. The highest BCUT2D eigenvalue weighted by Crippen LogP contribution is 2.26. The van der Waals surface area contributed by atoms with Gasteiger partial charge in [0.2, 0.25) is 5.91 Å². The zero-order chi connectivity index (χ0) is 22.8. The van der Waals surface area contributed by atoms with Crippen molar-refractivity contribution in [2.45, 2.75) is 19.8 Å². The molecule has 1 aromatic heterocycles. The molecule has 3 aromatic rings. The second-order valence-electron chi connectivity index (χ2n) is 6.78. The average molecular weight is 498 g/mol. The highest BCUT2D eigenvalue weighted by atomic mass is 79.9. The van der Waals surface area contributed by atoms with Gasteiger partial charge in [-0.15, -0.1) is 0 Å². The highest BCUT2D eigenvalue weighted by Gasteiger charge is 2.10. The Labute approximate surface area is 195 Å². The van der Waals surface area contributed by atoms with Crippen LogP contribution in [0, 0.1) is 0 Å². The topological polar surface area (TPSA) is 89.5 Å². The van der Waals surface area contributed by atoms with E-state index >= 15 is 0 Å². The van der Waals surface area contributed by atoms with Crippen LogP contribution in [-0.2, 0) is 4.79 Å². The van der Waals surface area contributed by atoms with Gasteiger partial charge >= 0.3 is 0 Å². The van der Waals surface area contributed by atoms with Crippen LogP contribution in [0.2, 0.25) is 0 Å². The zero-order valence-electron chi connectivity index (χ0n) is 17.6. The van der Waals surface area contributed by atoms with Gasteiger partial charge in [0.1, 0.15) is 5.82 Å². The Morgan fingerprint density at radius 1 is 0.969 bits per heavy atom. The molecule has 32 heavy (non-hydrogen) atoms. The Hall–Kier alpha value is -3.39. The van der Waals surface area contributed by atoms with E-state index in [9.17, 15) is 9.59 Å². The number of nitrogens with one attached hydrogen (secondary N) is 2. The van der Waals surface area contributed by atoms with Crippen molar-refractivity contribution in [3.8, 4) is 11.5 Å². The molecule has 0 radical (unpaired) electrons. The number of halogens is 1. The molecule has 0 aliphatic rings. The van der Waals surface area contributed by atoms with Gasteiger partial charge in [0.05, 0.1) is 13.2 Å². The van der Waals surface area contributed by atoms with E-state index in [1.807, 2.05) is 31.2 Å². The van der Waals surface area contributed by atoms with Crippen LogP contribution in [0.25, 0.3) is 0 Å². The summed E-state index contributed by atoms with van der Waals surface area (Å²) in [5, 5.41) is 5.54. The van der Waals surface area contributed by atoms with Crippen LogP contribution >= 0.6 is 15.9 Å². The molecule has 2 N–H and O–H groups in total. The number of carbonyl (C=O) groups is 2. The predicted octanol–water partition coefficient (Wildman–Crippen LogP) is 5.29. The van der Waals surface area contributed by atoms with Gasteiger partial charge in [-0.3, -0.25) is 9.59 Å². The predicted molar refractivity (Wildman–Crippen MR) is 127 cm³/mol. The summed E-state index contributed by atoms with van der Waals surface area (Å²) in [5.74, 6) is 1.33. The molecule has 0 unspecified atom stereocenters. The SMILES string of the molecule is CCOc1ccccc1OCCCC(=O)Nc1cccc(C(=O)Nc2ccc(Br)cn2)c1. The molecule has 0 aliphatic carbocycles. The van der Waals surface area contributed by atoms with E-state index in [1.54, 1.807) is 42.6 Å². The van der Waals surface area contributed by atoms with E-state index in [0.717, 1.165) is 4.47 Å². The van der Waals surface area contributed by atoms with Crippen LogP contribution in [0.1, 0.15) is 30.1 Å². The number of para-hydroxylation sites is 2. The Balaban J connectivity index is 1.47. The lowest BCUT2D eigenvalue weighted by molar-refractivity contribution is -0.116. The average Bonchev–Trinajstić information content (AvgIpc) is 2.79. The number of carbonyl (C=O) groups excluding carboxylic acids is 2. The Morgan fingerprint density at radius 2 is 1.75 bits per heavy atom. The summed E-state index contributed by atoms with van der Waals surface area (Å²) in [6, 6.07) is 17.7. The Kier molecular flexibility index (Phi) is 8.62. The van der Waals surface area contributed by atoms with Crippen molar-refractivity contribution < 1.29 is 19.1 Å². The number of rotatable bonds is 10. The van der Waals surface area contributed by atoms with Crippen molar-refractivity contribution in [3.05, 3.63) is 76.9 Å². The molecule has 0 saturated heterocycles. The fourth-order valence-electron chi connectivity index (χ4n) is 2.86. The monoisotopic (exact) mass is 497 g/mol. The quantitative estimate of drug-likeness (QED) is 0.371. The maximum Gasteiger partial charge on any atom is 0.256 e. The third-order valence-electron chi connectivity index (χ3n) is 4.33. The van der Waals surface area contributed by atoms with Crippen LogP contribution in [0.4, 0.5) is 11.5 Å². The van der Waals surface area contributed by atoms with Crippen LogP contribution in [-0.4, -0.2) is 30.0 Å². The van der Waals surface area contributed by atoms with Gasteiger partial charge in [0.15, 0.2) is 11.5 Å². The first kappa shape index (κ1) is 23.3. The van der Waals surface area contributed by atoms with Crippen LogP contribution in [0.3, 0.4) is 0 Å². The molecule has 2 amide bonds. The van der Waals surface area contributed by atoms with Crippen molar-refractivity contribution in [2.75, 3.05) is 23.8 Å². The number of nitrogens with zero attached hydrogens (tertiary/aromatic N) is 1. The van der Waals surface area contributed by atoms with Crippen molar-refractivity contribution >= 4 is 39.2 Å². The summed E-state index contributed by atoms with van der Waals surface area (Å²) in [6.45, 7) is 2.86. The molecule has 0 fully saturated rings. The number of hydrogen-bond donors (Lipinski definition) is 2. The minimum absolute atomic E-state index is 0.154. The molecule has 0 spiro atoms. The van der Waals surface area contributed by atoms with Crippen molar-refractivity contribution in [1.29, 1.82) is 0 Å². The van der Waals surface area contributed by atoms with Gasteiger partial charge < -0.3 is 20.1 Å². The maximum absolute atomic E-state index is 12.5. The first-order chi connectivity index (χ1) is 15.5. The summed E-state index contributed by atoms with van der Waals surface area (Å²) < 4.78 is 12.1. The van der Waals surface area contributed by atoms with Crippen LogP contribution in [0.15, 0.2) is 71.3 Å². The molecule has 0 atom stereocenters. The summed E-state index contributed by atoms with van der Waals surface area (Å²) >= 11 is 3.30. The fraction of sp³-hybridized carbons (Fsp3) is 0.208. The lowest BCUT2D eigenvalue weighted by atomic mass is 10.2. The van der Waals surface area contributed by atoms with E-state index < -0.39 is 0 Å². The standard InChI is InChI=1S/C24H24BrN3O4/c1-2-31-20-9-3-4-10-21(20)32-14-6-11-23(29)27-19-8-5-7-17(15-19)24(30)28-22-13-12-18(25)16-26-22/h3-5,7-10,12-13,15-16H,2,6,11,14H2,1H3,(H,27,29)(H,26,28,30). The molecular formula is C24H24BrN3O4. The fourth-order valence-corrected chi connectivity index (χ4v) is 3.09. The summed E-state index contributed by atoms with van der Waals surface area (Å²) in [6.07, 6.45) is 2.43. The third kappa shape index (κ3) is 7.09.